The first-order valence-corrected chi connectivity index (χ1v) is 17.3. The highest BCUT2D eigenvalue weighted by atomic mass is 16.5. The van der Waals surface area contributed by atoms with Crippen molar-refractivity contribution in [2.24, 2.45) is 11.1 Å². The lowest BCUT2D eigenvalue weighted by Gasteiger charge is -2.54. The highest BCUT2D eigenvalue weighted by Gasteiger charge is 2.44. The maximum atomic E-state index is 12.7. The maximum Gasteiger partial charge on any atom is 0.271 e. The van der Waals surface area contributed by atoms with E-state index < -0.39 is 5.91 Å². The van der Waals surface area contributed by atoms with E-state index in [-0.39, 0.29) is 11.7 Å². The van der Waals surface area contributed by atoms with E-state index in [0.29, 0.717) is 42.0 Å². The third-order valence-electron chi connectivity index (χ3n) is 10.7. The van der Waals surface area contributed by atoms with Crippen LogP contribution in [0.5, 0.6) is 0 Å². The summed E-state index contributed by atoms with van der Waals surface area (Å²) >= 11 is 0. The third kappa shape index (κ3) is 6.93. The molecule has 0 saturated carbocycles. The number of carbonyl (C=O) groups excluding carboxylic acids is 1. The number of hydrogen-bond donors (Lipinski definition) is 3. The zero-order valence-corrected chi connectivity index (χ0v) is 28.1. The van der Waals surface area contributed by atoms with Gasteiger partial charge in [0.15, 0.2) is 17.3 Å². The normalized spacial score (nSPS) is 21.0. The molecule has 0 radical (unpaired) electrons. The van der Waals surface area contributed by atoms with Crippen LogP contribution in [-0.2, 0) is 4.74 Å². The van der Waals surface area contributed by atoms with E-state index in [1.165, 1.54) is 63.1 Å². The molecule has 11 nitrogen and oxygen atoms in total. The molecule has 11 heteroatoms. The summed E-state index contributed by atoms with van der Waals surface area (Å²) in [5.41, 5.74) is 12.1. The van der Waals surface area contributed by atoms with Gasteiger partial charge in [-0.2, -0.15) is 0 Å². The number of nitrogens with two attached hydrogens (primary N) is 1. The number of aryl methyl sites for hydroxylation is 2. The number of pyridine rings is 1. The van der Waals surface area contributed by atoms with Gasteiger partial charge in [0.1, 0.15) is 5.69 Å². The molecular weight excluding hydrogens is 590 g/mol. The van der Waals surface area contributed by atoms with Crippen LogP contribution >= 0.6 is 0 Å². The summed E-state index contributed by atoms with van der Waals surface area (Å²) in [4.78, 5) is 34.5. The number of primary amides is 1. The lowest BCUT2D eigenvalue weighted by Crippen LogP contribution is -2.60. The number of benzene rings is 1. The zero-order chi connectivity index (χ0) is 32.5. The molecular formula is C36H49N9O2. The van der Waals surface area contributed by atoms with E-state index in [2.05, 4.69) is 62.5 Å². The number of carbonyl (C=O) groups is 1. The van der Waals surface area contributed by atoms with Gasteiger partial charge in [0.05, 0.1) is 0 Å². The molecule has 0 bridgehead atoms. The summed E-state index contributed by atoms with van der Waals surface area (Å²) in [7, 11) is 2.25. The fourth-order valence-electron chi connectivity index (χ4n) is 8.20. The van der Waals surface area contributed by atoms with E-state index in [4.69, 9.17) is 20.4 Å². The van der Waals surface area contributed by atoms with Gasteiger partial charge in [-0.3, -0.25) is 9.78 Å². The predicted octanol–water partition coefficient (Wildman–Crippen LogP) is 4.59. The van der Waals surface area contributed by atoms with Crippen LogP contribution < -0.4 is 21.3 Å². The van der Waals surface area contributed by atoms with Crippen molar-refractivity contribution in [2.75, 3.05) is 75.1 Å². The van der Waals surface area contributed by atoms with E-state index in [1.54, 1.807) is 6.20 Å². The Balaban J connectivity index is 1.06. The van der Waals surface area contributed by atoms with Crippen molar-refractivity contribution in [3.63, 3.8) is 0 Å². The molecule has 7 rings (SSSR count). The van der Waals surface area contributed by atoms with Crippen LogP contribution in [0.15, 0.2) is 36.5 Å². The number of nitrogens with zero attached hydrogens (tertiary/aromatic N) is 6. The van der Waals surface area contributed by atoms with Gasteiger partial charge in [-0.15, -0.1) is 0 Å². The first kappa shape index (κ1) is 31.8. The largest absolute Gasteiger partial charge is 0.381 e. The van der Waals surface area contributed by atoms with E-state index in [9.17, 15) is 4.79 Å². The number of ether oxygens (including phenoxy) is 1. The van der Waals surface area contributed by atoms with Gasteiger partial charge in [0.25, 0.3) is 5.91 Å². The van der Waals surface area contributed by atoms with Crippen LogP contribution in [0, 0.1) is 19.3 Å². The van der Waals surface area contributed by atoms with Crippen LogP contribution in [-0.4, -0.2) is 102 Å². The SMILES string of the molecule is Cc1cc(-c2nc(C(N)=O)c(Nc3ccc(N4CCC(N5CCC6(CC5)CN(C)C6)CC4)c(C)c3)nc2NC2CCOCC2)ccn1. The third-order valence-corrected chi connectivity index (χ3v) is 10.7. The number of piperidine rings is 2. The zero-order valence-electron chi connectivity index (χ0n) is 28.1. The molecule has 0 unspecified atom stereocenters. The summed E-state index contributed by atoms with van der Waals surface area (Å²) in [5, 5.41) is 6.97. The Labute approximate surface area is 278 Å². The van der Waals surface area contributed by atoms with Crippen LogP contribution in [0.4, 0.5) is 23.0 Å². The van der Waals surface area contributed by atoms with Gasteiger partial charge < -0.3 is 35.8 Å². The smallest absolute Gasteiger partial charge is 0.271 e. The summed E-state index contributed by atoms with van der Waals surface area (Å²) in [6.45, 7) is 12.7. The van der Waals surface area contributed by atoms with Crippen molar-refractivity contribution in [3.05, 3.63) is 53.5 Å². The number of anilines is 4. The first-order valence-electron chi connectivity index (χ1n) is 17.3. The molecule has 1 aromatic carbocycles. The molecule has 1 amide bonds. The van der Waals surface area contributed by atoms with Crippen molar-refractivity contribution < 1.29 is 9.53 Å². The van der Waals surface area contributed by atoms with E-state index in [1.807, 2.05) is 19.1 Å². The highest BCUT2D eigenvalue weighted by Crippen LogP contribution is 2.41. The summed E-state index contributed by atoms with van der Waals surface area (Å²) in [5.74, 6) is 0.311. The van der Waals surface area contributed by atoms with E-state index in [0.717, 1.165) is 42.9 Å². The average Bonchev–Trinajstić information content (AvgIpc) is 3.05. The fraction of sp³-hybridized carbons (Fsp3) is 0.556. The molecule has 0 atom stereocenters. The minimum atomic E-state index is -0.634. The summed E-state index contributed by atoms with van der Waals surface area (Å²) in [6, 6.07) is 11.1. The first-order chi connectivity index (χ1) is 22.7. The Hall–Kier alpha value is -3.80. The van der Waals surface area contributed by atoms with Crippen molar-refractivity contribution in [1.29, 1.82) is 0 Å². The average molecular weight is 640 g/mol. The maximum absolute atomic E-state index is 12.7. The van der Waals surface area contributed by atoms with Crippen LogP contribution in [0.1, 0.15) is 60.3 Å². The molecule has 2 aromatic heterocycles. The van der Waals surface area contributed by atoms with Crippen LogP contribution in [0.3, 0.4) is 0 Å². The van der Waals surface area contributed by atoms with Gasteiger partial charge in [0, 0.05) is 80.3 Å². The summed E-state index contributed by atoms with van der Waals surface area (Å²) < 4.78 is 5.57. The number of aromatic nitrogens is 3. The fourth-order valence-corrected chi connectivity index (χ4v) is 8.20. The molecule has 250 valence electrons. The van der Waals surface area contributed by atoms with Crippen molar-refractivity contribution in [3.8, 4) is 11.3 Å². The monoisotopic (exact) mass is 639 g/mol. The van der Waals surface area contributed by atoms with E-state index >= 15 is 0 Å². The molecule has 4 saturated heterocycles. The number of likely N-dealkylation sites (tertiary alicyclic amines) is 2. The predicted molar refractivity (Wildman–Crippen MR) is 186 cm³/mol. The molecule has 47 heavy (non-hydrogen) atoms. The Bertz CT molecular complexity index is 1580. The Kier molecular flexibility index (Phi) is 9.04. The summed E-state index contributed by atoms with van der Waals surface area (Å²) in [6.07, 6.45) is 8.59. The molecule has 4 aliphatic heterocycles. The number of amides is 1. The second kappa shape index (κ2) is 13.4. The second-order valence-corrected chi connectivity index (χ2v) is 14.3. The van der Waals surface area contributed by atoms with Crippen molar-refractivity contribution in [1.82, 2.24) is 24.8 Å². The van der Waals surface area contributed by atoms with Crippen molar-refractivity contribution >= 4 is 28.9 Å². The molecule has 4 N–H and O–H groups in total. The van der Waals surface area contributed by atoms with Crippen LogP contribution in [0.2, 0.25) is 0 Å². The Morgan fingerprint density at radius 2 is 1.70 bits per heavy atom. The molecule has 0 aliphatic carbocycles. The molecule has 1 spiro atoms. The lowest BCUT2D eigenvalue weighted by molar-refractivity contribution is -0.0419. The van der Waals surface area contributed by atoms with Gasteiger partial charge in [0.2, 0.25) is 0 Å². The quantitative estimate of drug-likeness (QED) is 0.323. The van der Waals surface area contributed by atoms with Gasteiger partial charge in [-0.25, -0.2) is 9.97 Å². The lowest BCUT2D eigenvalue weighted by atomic mass is 9.72. The number of hydrogen-bond acceptors (Lipinski definition) is 10. The minimum absolute atomic E-state index is 0.101. The molecule has 4 aliphatic rings. The second-order valence-electron chi connectivity index (χ2n) is 14.3. The highest BCUT2D eigenvalue weighted by molar-refractivity contribution is 5.97. The van der Waals surface area contributed by atoms with Gasteiger partial charge >= 0.3 is 0 Å². The Morgan fingerprint density at radius 1 is 0.957 bits per heavy atom. The topological polar surface area (TPSA) is 125 Å². The van der Waals surface area contributed by atoms with Crippen molar-refractivity contribution in [2.45, 2.75) is 64.5 Å². The Morgan fingerprint density at radius 3 is 2.36 bits per heavy atom. The minimum Gasteiger partial charge on any atom is -0.381 e. The molecule has 6 heterocycles. The van der Waals surface area contributed by atoms with Crippen LogP contribution in [0.25, 0.3) is 11.3 Å². The number of nitrogens with one attached hydrogen (secondary N) is 2. The molecule has 4 fully saturated rings. The number of rotatable bonds is 8. The van der Waals surface area contributed by atoms with Gasteiger partial charge in [-0.1, -0.05) is 0 Å². The standard InChI is InChI=1S/C36H49N9O2/c1-24-20-28(4-5-30(24)45-14-7-29(8-15-45)44-16-11-36(12-17-44)22-43(3)23-36)40-35-32(33(37)46)41-31(26-6-13-38-25(2)21-26)34(42-35)39-27-9-18-47-19-10-27/h4-6,13,20-21,27,29H,7-12,14-19,22-23H2,1-3H3,(H2,37,46)(H2,39,40,42). The van der Waals surface area contributed by atoms with Gasteiger partial charge in [-0.05, 0) is 114 Å². The molecule has 3 aromatic rings.